The predicted octanol–water partition coefficient (Wildman–Crippen LogP) is 2.60. The van der Waals surface area contributed by atoms with Crippen LogP contribution < -0.4 is 10.6 Å². The van der Waals surface area contributed by atoms with Crippen molar-refractivity contribution in [2.75, 3.05) is 39.6 Å². The molecule has 0 heterocycles. The van der Waals surface area contributed by atoms with Crippen LogP contribution in [0.1, 0.15) is 41.5 Å². The number of nitrogens with one attached hydrogen (secondary N) is 2. The normalized spacial score (nSPS) is 13.7. The molecule has 0 aromatic rings. The lowest BCUT2D eigenvalue weighted by Gasteiger charge is -2.28. The first-order valence-corrected chi connectivity index (χ1v) is 13.5. The van der Waals surface area contributed by atoms with Crippen LogP contribution in [0.5, 0.6) is 0 Å². The van der Waals surface area contributed by atoms with E-state index in [1.807, 2.05) is 0 Å². The Hall–Kier alpha value is -1.49. The molecule has 0 spiro atoms. The van der Waals surface area contributed by atoms with E-state index < -0.39 is 44.7 Å². The molecule has 0 radical (unpaired) electrons. The maximum absolute atomic E-state index is 13.1. The lowest BCUT2D eigenvalue weighted by Crippen LogP contribution is -2.52. The zero-order chi connectivity index (χ0) is 24.8. The first-order valence-electron chi connectivity index (χ1n) is 10.3. The fourth-order valence-electron chi connectivity index (χ4n) is 2.36. The predicted molar refractivity (Wildman–Crippen MR) is 114 cm³/mol. The third kappa shape index (κ3) is 9.17. The number of hydrogen-bond acceptors (Lipinski definition) is 11. The van der Waals surface area contributed by atoms with Crippen LogP contribution in [-0.2, 0) is 46.3 Å². The van der Waals surface area contributed by atoms with Gasteiger partial charge in [0.1, 0.15) is 0 Å². The van der Waals surface area contributed by atoms with Gasteiger partial charge in [-0.1, -0.05) is 0 Å². The van der Waals surface area contributed by atoms with Crippen molar-refractivity contribution in [2.45, 2.75) is 53.1 Å². The summed E-state index contributed by atoms with van der Waals surface area (Å²) in [7, 11) is -8.42. The van der Waals surface area contributed by atoms with E-state index in [-0.39, 0.29) is 39.6 Å². The third-order valence-electron chi connectivity index (χ3n) is 3.42. The van der Waals surface area contributed by atoms with Crippen LogP contribution in [-0.4, -0.2) is 69.2 Å². The van der Waals surface area contributed by atoms with E-state index in [1.54, 1.807) is 0 Å². The smallest absolute Gasteiger partial charge is 0.364 e. The summed E-state index contributed by atoms with van der Waals surface area (Å²) in [5, 5.41) is 4.24. The van der Waals surface area contributed by atoms with Gasteiger partial charge in [0.25, 0.3) is 0 Å². The number of carbonyl (C=O) groups excluding carboxylic acids is 3. The highest BCUT2D eigenvalue weighted by Gasteiger charge is 2.47. The van der Waals surface area contributed by atoms with E-state index >= 15 is 0 Å². The Morgan fingerprint density at radius 3 is 1.09 bits per heavy atom. The van der Waals surface area contributed by atoms with Crippen molar-refractivity contribution >= 4 is 33.2 Å². The molecule has 0 fully saturated rings. The fraction of sp³-hybridized carbons (Fsp3) is 0.824. The van der Waals surface area contributed by atoms with E-state index in [9.17, 15) is 23.5 Å². The highest BCUT2D eigenvalue weighted by Crippen LogP contribution is 2.53. The molecule has 0 aliphatic carbocycles. The zero-order valence-electron chi connectivity index (χ0n) is 19.3. The molecule has 0 aliphatic heterocycles. The number of urea groups is 1. The molecule has 15 heteroatoms. The standard InChI is InChI=1S/C17H34N2O11P2/c1-7-25-15(20)13(31(23,27-9-3)28-10-4)18-17(22)19-14(16(21)26-8-2)32(24,29-11-5)30-12-6/h13-14H,7-12H2,1-6H3,(H2,18,19,22). The van der Waals surface area contributed by atoms with Gasteiger partial charge in [-0.2, -0.15) is 0 Å². The van der Waals surface area contributed by atoms with Crippen LogP contribution in [0.3, 0.4) is 0 Å². The molecular formula is C17H34N2O11P2. The van der Waals surface area contributed by atoms with E-state index in [0.29, 0.717) is 0 Å². The van der Waals surface area contributed by atoms with Crippen LogP contribution in [0.4, 0.5) is 4.79 Å². The molecule has 0 saturated carbocycles. The van der Waals surface area contributed by atoms with E-state index in [2.05, 4.69) is 10.6 Å². The average molecular weight is 504 g/mol. The molecule has 0 aromatic carbocycles. The van der Waals surface area contributed by atoms with E-state index in [1.165, 1.54) is 41.5 Å². The van der Waals surface area contributed by atoms with Crippen molar-refractivity contribution < 1.29 is 51.1 Å². The van der Waals surface area contributed by atoms with Gasteiger partial charge in [0, 0.05) is 0 Å². The second-order valence-corrected chi connectivity index (χ2v) is 9.90. The summed E-state index contributed by atoms with van der Waals surface area (Å²) in [6.45, 7) is 8.58. The molecule has 0 saturated heterocycles. The molecule has 2 amide bonds. The second-order valence-electron chi connectivity index (χ2n) is 5.68. The van der Waals surface area contributed by atoms with Crippen LogP contribution in [0.15, 0.2) is 0 Å². The van der Waals surface area contributed by atoms with Crippen LogP contribution in [0.25, 0.3) is 0 Å². The Kier molecular flexibility index (Phi) is 14.7. The van der Waals surface area contributed by atoms with Gasteiger partial charge in [-0.05, 0) is 41.5 Å². The van der Waals surface area contributed by atoms with Crippen molar-refractivity contribution in [2.24, 2.45) is 0 Å². The maximum atomic E-state index is 13.1. The van der Waals surface area contributed by atoms with E-state index in [0.717, 1.165) is 0 Å². The highest BCUT2D eigenvalue weighted by atomic mass is 31.2. The minimum absolute atomic E-state index is 0.0772. The molecule has 2 atom stereocenters. The summed E-state index contributed by atoms with van der Waals surface area (Å²) in [5.41, 5.74) is 0. The number of amides is 2. The van der Waals surface area contributed by atoms with Crippen molar-refractivity contribution in [3.8, 4) is 0 Å². The lowest BCUT2D eigenvalue weighted by molar-refractivity contribution is -0.144. The molecule has 32 heavy (non-hydrogen) atoms. The maximum Gasteiger partial charge on any atom is 0.364 e. The topological polar surface area (TPSA) is 165 Å². The van der Waals surface area contributed by atoms with Crippen LogP contribution in [0.2, 0.25) is 0 Å². The molecule has 2 N–H and O–H groups in total. The SMILES string of the molecule is CCOC(=O)C(NC(=O)NC(C(=O)OCC)P(=O)(OCC)OCC)P(=O)(OCC)OCC. The molecule has 188 valence electrons. The summed E-state index contributed by atoms with van der Waals surface area (Å²) in [5.74, 6) is -5.88. The van der Waals surface area contributed by atoms with Crippen LogP contribution in [0, 0.1) is 0 Å². The van der Waals surface area contributed by atoms with Gasteiger partial charge in [0.2, 0.25) is 11.6 Å². The van der Waals surface area contributed by atoms with Crippen LogP contribution >= 0.6 is 15.2 Å². The third-order valence-corrected chi connectivity index (χ3v) is 7.84. The van der Waals surface area contributed by atoms with Gasteiger partial charge >= 0.3 is 33.2 Å². The first-order chi connectivity index (χ1) is 15.1. The first kappa shape index (κ1) is 30.5. The summed E-state index contributed by atoms with van der Waals surface area (Å²) in [6, 6.07) is -1.21. The fourth-order valence-corrected chi connectivity index (χ4v) is 5.76. The highest BCUT2D eigenvalue weighted by molar-refractivity contribution is 7.56. The second kappa shape index (κ2) is 15.4. The molecule has 13 nitrogen and oxygen atoms in total. The molecule has 0 aliphatic rings. The number of carbonyl (C=O) groups is 3. The van der Waals surface area contributed by atoms with Gasteiger partial charge in [0.05, 0.1) is 39.6 Å². The molecule has 0 aromatic heterocycles. The molecule has 2 unspecified atom stereocenters. The largest absolute Gasteiger partial charge is 0.464 e. The summed E-state index contributed by atoms with van der Waals surface area (Å²) < 4.78 is 56.5. The monoisotopic (exact) mass is 504 g/mol. The molecule has 0 rings (SSSR count). The quantitative estimate of drug-likeness (QED) is 0.234. The van der Waals surface area contributed by atoms with Crippen molar-refractivity contribution in [3.63, 3.8) is 0 Å². The minimum atomic E-state index is -4.21. The number of hydrogen-bond donors (Lipinski definition) is 2. The number of ether oxygens (including phenoxy) is 2. The number of esters is 2. The summed E-state index contributed by atoms with van der Waals surface area (Å²) in [6.07, 6.45) is 0. The Morgan fingerprint density at radius 1 is 0.594 bits per heavy atom. The average Bonchev–Trinajstić information content (AvgIpc) is 2.71. The van der Waals surface area contributed by atoms with Gasteiger partial charge < -0.3 is 38.2 Å². The van der Waals surface area contributed by atoms with Crippen molar-refractivity contribution in [3.05, 3.63) is 0 Å². The lowest BCUT2D eigenvalue weighted by atomic mass is 10.6. The zero-order valence-corrected chi connectivity index (χ0v) is 21.1. The summed E-state index contributed by atoms with van der Waals surface area (Å²) in [4.78, 5) is 37.5. The summed E-state index contributed by atoms with van der Waals surface area (Å²) >= 11 is 0. The minimum Gasteiger partial charge on any atom is -0.464 e. The Labute approximate surface area is 188 Å². The van der Waals surface area contributed by atoms with Crippen molar-refractivity contribution in [1.82, 2.24) is 10.6 Å². The van der Waals surface area contributed by atoms with Gasteiger partial charge in [-0.25, -0.2) is 14.4 Å². The Balaban J connectivity index is 5.97. The van der Waals surface area contributed by atoms with E-state index in [4.69, 9.17) is 27.6 Å². The van der Waals surface area contributed by atoms with Crippen molar-refractivity contribution in [1.29, 1.82) is 0 Å². The van der Waals surface area contributed by atoms with Gasteiger partial charge in [-0.15, -0.1) is 0 Å². The molecular weight excluding hydrogens is 470 g/mol. The number of rotatable bonds is 16. The Morgan fingerprint density at radius 2 is 0.875 bits per heavy atom. The Bertz CT molecular complexity index is 628. The van der Waals surface area contributed by atoms with Gasteiger partial charge in [0.15, 0.2) is 0 Å². The molecule has 0 bridgehead atoms. The van der Waals surface area contributed by atoms with Gasteiger partial charge in [-0.3, -0.25) is 9.13 Å².